The largest absolute Gasteiger partial charge is 0.481 e. The second-order valence-electron chi connectivity index (χ2n) is 4.67. The lowest BCUT2D eigenvalue weighted by Crippen LogP contribution is -2.38. The van der Waals surface area contributed by atoms with Crippen LogP contribution in [0.3, 0.4) is 0 Å². The van der Waals surface area contributed by atoms with E-state index < -0.39 is 18.1 Å². The average molecular weight is 267 g/mol. The molecule has 0 fully saturated rings. The van der Waals surface area contributed by atoms with Crippen molar-refractivity contribution in [2.24, 2.45) is 0 Å². The molecule has 2 atom stereocenters. The summed E-state index contributed by atoms with van der Waals surface area (Å²) in [7, 11) is 0. The van der Waals surface area contributed by atoms with Gasteiger partial charge in [-0.3, -0.25) is 4.79 Å². The standard InChI is InChI=1S/C14H21NO4/c1-9-3-4-11(7-10(9)2)14(19)12(8-13(17)18)15-5-6-16/h3-4,7,12,14-16,19H,5-6,8H2,1-2H3,(H,17,18). The fourth-order valence-corrected chi connectivity index (χ4v) is 1.91. The quantitative estimate of drug-likeness (QED) is 0.585. The number of aliphatic hydroxyl groups excluding tert-OH is 2. The lowest BCUT2D eigenvalue weighted by atomic mass is 9.96. The smallest absolute Gasteiger partial charge is 0.305 e. The number of aliphatic carboxylic acids is 1. The summed E-state index contributed by atoms with van der Waals surface area (Å²) in [5.74, 6) is -0.988. The van der Waals surface area contributed by atoms with E-state index in [1.165, 1.54) is 0 Å². The van der Waals surface area contributed by atoms with Crippen molar-refractivity contribution in [1.29, 1.82) is 0 Å². The zero-order valence-electron chi connectivity index (χ0n) is 11.3. The number of aliphatic hydroxyl groups is 2. The van der Waals surface area contributed by atoms with E-state index in [0.717, 1.165) is 11.1 Å². The maximum Gasteiger partial charge on any atom is 0.305 e. The van der Waals surface area contributed by atoms with Gasteiger partial charge in [0.1, 0.15) is 0 Å². The van der Waals surface area contributed by atoms with Gasteiger partial charge < -0.3 is 20.6 Å². The van der Waals surface area contributed by atoms with Crippen LogP contribution in [-0.2, 0) is 4.79 Å². The van der Waals surface area contributed by atoms with Gasteiger partial charge in [-0.05, 0) is 30.5 Å². The highest BCUT2D eigenvalue weighted by molar-refractivity contribution is 5.67. The molecule has 0 aliphatic rings. The summed E-state index contributed by atoms with van der Waals surface area (Å²) in [5.41, 5.74) is 2.85. The highest BCUT2D eigenvalue weighted by Gasteiger charge is 2.23. The van der Waals surface area contributed by atoms with Crippen LogP contribution < -0.4 is 5.32 Å². The Hall–Kier alpha value is -1.43. The van der Waals surface area contributed by atoms with Crippen LogP contribution in [0.1, 0.15) is 29.2 Å². The number of benzene rings is 1. The Morgan fingerprint density at radius 3 is 2.53 bits per heavy atom. The molecule has 0 amide bonds. The Balaban J connectivity index is 2.86. The van der Waals surface area contributed by atoms with E-state index in [1.807, 2.05) is 26.0 Å². The predicted octanol–water partition coefficient (Wildman–Crippen LogP) is 0.762. The van der Waals surface area contributed by atoms with E-state index in [0.29, 0.717) is 5.56 Å². The normalized spacial score (nSPS) is 14.1. The van der Waals surface area contributed by atoms with E-state index >= 15 is 0 Å². The Morgan fingerprint density at radius 2 is 2.00 bits per heavy atom. The SMILES string of the molecule is Cc1ccc(C(O)C(CC(=O)O)NCCO)cc1C. The minimum Gasteiger partial charge on any atom is -0.481 e. The second kappa shape index (κ2) is 7.23. The Morgan fingerprint density at radius 1 is 1.32 bits per heavy atom. The van der Waals surface area contributed by atoms with E-state index in [4.69, 9.17) is 10.2 Å². The van der Waals surface area contributed by atoms with Crippen molar-refractivity contribution < 1.29 is 20.1 Å². The maximum absolute atomic E-state index is 10.8. The third-order valence-electron chi connectivity index (χ3n) is 3.17. The molecule has 2 unspecified atom stereocenters. The molecule has 0 radical (unpaired) electrons. The van der Waals surface area contributed by atoms with Gasteiger partial charge >= 0.3 is 5.97 Å². The van der Waals surface area contributed by atoms with Gasteiger partial charge in [-0.1, -0.05) is 18.2 Å². The van der Waals surface area contributed by atoms with E-state index in [2.05, 4.69) is 5.32 Å². The summed E-state index contributed by atoms with van der Waals surface area (Å²) in [6.07, 6.45) is -1.12. The van der Waals surface area contributed by atoms with Crippen LogP contribution in [-0.4, -0.2) is 40.5 Å². The van der Waals surface area contributed by atoms with Gasteiger partial charge in [0, 0.05) is 12.6 Å². The van der Waals surface area contributed by atoms with Crippen LogP contribution in [0.2, 0.25) is 0 Å². The highest BCUT2D eigenvalue weighted by atomic mass is 16.4. The topological polar surface area (TPSA) is 89.8 Å². The summed E-state index contributed by atoms with van der Waals surface area (Å²) in [5, 5.41) is 30.8. The number of carboxylic acids is 1. The number of rotatable bonds is 7. The lowest BCUT2D eigenvalue weighted by molar-refractivity contribution is -0.138. The molecule has 1 aromatic carbocycles. The third-order valence-corrected chi connectivity index (χ3v) is 3.17. The molecule has 1 aromatic rings. The summed E-state index contributed by atoms with van der Waals surface area (Å²) < 4.78 is 0. The maximum atomic E-state index is 10.8. The molecule has 0 aliphatic heterocycles. The molecule has 0 spiro atoms. The predicted molar refractivity (Wildman–Crippen MR) is 72.0 cm³/mol. The minimum atomic E-state index is -0.988. The van der Waals surface area contributed by atoms with Gasteiger partial charge in [0.2, 0.25) is 0 Å². The molecule has 19 heavy (non-hydrogen) atoms. The van der Waals surface area contributed by atoms with Gasteiger partial charge in [-0.25, -0.2) is 0 Å². The molecule has 5 nitrogen and oxygen atoms in total. The van der Waals surface area contributed by atoms with E-state index in [9.17, 15) is 9.90 Å². The van der Waals surface area contributed by atoms with Gasteiger partial charge in [-0.2, -0.15) is 0 Å². The number of nitrogens with one attached hydrogen (secondary N) is 1. The van der Waals surface area contributed by atoms with Crippen LogP contribution in [0.25, 0.3) is 0 Å². The molecule has 5 heteroatoms. The van der Waals surface area contributed by atoms with Crippen molar-refractivity contribution in [2.45, 2.75) is 32.4 Å². The van der Waals surface area contributed by atoms with Crippen molar-refractivity contribution in [1.82, 2.24) is 5.32 Å². The summed E-state index contributed by atoms with van der Waals surface area (Å²) in [6.45, 7) is 4.07. The molecule has 4 N–H and O–H groups in total. The summed E-state index contributed by atoms with van der Waals surface area (Å²) in [4.78, 5) is 10.8. The number of hydrogen-bond acceptors (Lipinski definition) is 4. The average Bonchev–Trinajstić information content (AvgIpc) is 2.36. The Kier molecular flexibility index (Phi) is 5.95. The van der Waals surface area contributed by atoms with Crippen LogP contribution >= 0.6 is 0 Å². The highest BCUT2D eigenvalue weighted by Crippen LogP contribution is 2.21. The third kappa shape index (κ3) is 4.63. The molecule has 0 aromatic heterocycles. The molecule has 0 bridgehead atoms. The zero-order chi connectivity index (χ0) is 14.4. The van der Waals surface area contributed by atoms with Gasteiger partial charge in [0.25, 0.3) is 0 Å². The molecular weight excluding hydrogens is 246 g/mol. The minimum absolute atomic E-state index is 0.101. The second-order valence-corrected chi connectivity index (χ2v) is 4.67. The van der Waals surface area contributed by atoms with Crippen LogP contribution in [0, 0.1) is 13.8 Å². The van der Waals surface area contributed by atoms with Crippen molar-refractivity contribution >= 4 is 5.97 Å². The number of carboxylic acid groups (broad SMARTS) is 1. The van der Waals surface area contributed by atoms with Crippen molar-refractivity contribution in [2.75, 3.05) is 13.2 Å². The van der Waals surface area contributed by atoms with E-state index in [1.54, 1.807) is 6.07 Å². The summed E-state index contributed by atoms with van der Waals surface area (Å²) in [6, 6.07) is 4.93. The molecule has 1 rings (SSSR count). The number of carbonyl (C=O) groups is 1. The first kappa shape index (κ1) is 15.6. The fraction of sp³-hybridized carbons (Fsp3) is 0.500. The lowest BCUT2D eigenvalue weighted by Gasteiger charge is -2.23. The summed E-state index contributed by atoms with van der Waals surface area (Å²) >= 11 is 0. The number of aryl methyl sites for hydroxylation is 2. The first-order valence-corrected chi connectivity index (χ1v) is 6.27. The van der Waals surface area contributed by atoms with Crippen molar-refractivity contribution in [3.8, 4) is 0 Å². The van der Waals surface area contributed by atoms with Gasteiger partial charge in [-0.15, -0.1) is 0 Å². The van der Waals surface area contributed by atoms with Crippen molar-refractivity contribution in [3.63, 3.8) is 0 Å². The van der Waals surface area contributed by atoms with Crippen LogP contribution in [0.15, 0.2) is 18.2 Å². The molecule has 0 saturated carbocycles. The van der Waals surface area contributed by atoms with Crippen LogP contribution in [0.5, 0.6) is 0 Å². The monoisotopic (exact) mass is 267 g/mol. The Labute approximate surface area is 112 Å². The van der Waals surface area contributed by atoms with Gasteiger partial charge in [0.05, 0.1) is 19.1 Å². The molecule has 0 aliphatic carbocycles. The molecule has 0 saturated heterocycles. The van der Waals surface area contributed by atoms with Crippen molar-refractivity contribution in [3.05, 3.63) is 34.9 Å². The Bertz CT molecular complexity index is 433. The molecular formula is C14H21NO4. The fourth-order valence-electron chi connectivity index (χ4n) is 1.91. The zero-order valence-corrected chi connectivity index (χ0v) is 11.3. The molecule has 106 valence electrons. The van der Waals surface area contributed by atoms with Gasteiger partial charge in [0.15, 0.2) is 0 Å². The first-order valence-electron chi connectivity index (χ1n) is 6.27. The molecule has 0 heterocycles. The number of hydrogen-bond donors (Lipinski definition) is 4. The van der Waals surface area contributed by atoms with Crippen LogP contribution in [0.4, 0.5) is 0 Å². The van der Waals surface area contributed by atoms with E-state index in [-0.39, 0.29) is 19.6 Å². The first-order chi connectivity index (χ1) is 8.95.